The van der Waals surface area contributed by atoms with Crippen LogP contribution in [0.3, 0.4) is 0 Å². The quantitative estimate of drug-likeness (QED) is 0.923. The lowest BCUT2D eigenvalue weighted by atomic mass is 9.90. The molecule has 1 saturated heterocycles. The SMILES string of the molecule is CN(C1CCC(N)CC1)C1CCN(Cc2ccccc2)C1. The normalized spacial score (nSPS) is 30.9. The molecule has 21 heavy (non-hydrogen) atoms. The van der Waals surface area contributed by atoms with Crippen molar-refractivity contribution in [2.24, 2.45) is 5.73 Å². The van der Waals surface area contributed by atoms with Crippen molar-refractivity contribution in [2.75, 3.05) is 20.1 Å². The van der Waals surface area contributed by atoms with E-state index in [1.54, 1.807) is 0 Å². The van der Waals surface area contributed by atoms with E-state index in [1.165, 1.54) is 50.8 Å². The molecule has 2 fully saturated rings. The largest absolute Gasteiger partial charge is 0.328 e. The van der Waals surface area contributed by atoms with Crippen molar-refractivity contribution >= 4 is 0 Å². The molecule has 1 saturated carbocycles. The van der Waals surface area contributed by atoms with Crippen LogP contribution in [0.2, 0.25) is 0 Å². The molecule has 1 unspecified atom stereocenters. The second-order valence-corrected chi connectivity index (χ2v) is 6.90. The van der Waals surface area contributed by atoms with E-state index < -0.39 is 0 Å². The molecule has 1 aromatic carbocycles. The van der Waals surface area contributed by atoms with E-state index in [0.29, 0.717) is 6.04 Å². The second-order valence-electron chi connectivity index (χ2n) is 6.90. The molecular weight excluding hydrogens is 258 g/mol. The minimum Gasteiger partial charge on any atom is -0.328 e. The van der Waals surface area contributed by atoms with Crippen molar-refractivity contribution in [1.82, 2.24) is 9.80 Å². The topological polar surface area (TPSA) is 32.5 Å². The van der Waals surface area contributed by atoms with Gasteiger partial charge in [0.1, 0.15) is 0 Å². The Labute approximate surface area is 129 Å². The fourth-order valence-electron chi connectivity index (χ4n) is 3.94. The maximum Gasteiger partial charge on any atom is 0.0235 e. The first-order valence-electron chi connectivity index (χ1n) is 8.46. The van der Waals surface area contributed by atoms with Crippen LogP contribution in [0, 0.1) is 0 Å². The smallest absolute Gasteiger partial charge is 0.0235 e. The van der Waals surface area contributed by atoms with Crippen LogP contribution in [0.25, 0.3) is 0 Å². The van der Waals surface area contributed by atoms with Crippen LogP contribution in [-0.4, -0.2) is 48.1 Å². The standard InChI is InChI=1S/C18H29N3/c1-20(17-9-7-16(19)8-10-17)18-11-12-21(14-18)13-15-5-3-2-4-6-15/h2-6,16-18H,7-14,19H2,1H3. The summed E-state index contributed by atoms with van der Waals surface area (Å²) in [6.07, 6.45) is 6.29. The zero-order valence-electron chi connectivity index (χ0n) is 13.2. The second kappa shape index (κ2) is 6.91. The van der Waals surface area contributed by atoms with E-state index in [9.17, 15) is 0 Å². The van der Waals surface area contributed by atoms with Crippen molar-refractivity contribution in [3.63, 3.8) is 0 Å². The maximum atomic E-state index is 6.03. The number of hydrogen-bond acceptors (Lipinski definition) is 3. The Balaban J connectivity index is 1.50. The highest BCUT2D eigenvalue weighted by molar-refractivity contribution is 5.14. The Morgan fingerprint density at radius 2 is 1.76 bits per heavy atom. The Hall–Kier alpha value is -0.900. The maximum absolute atomic E-state index is 6.03. The molecule has 1 atom stereocenters. The Kier molecular flexibility index (Phi) is 4.94. The first-order valence-corrected chi connectivity index (χ1v) is 8.46. The van der Waals surface area contributed by atoms with Gasteiger partial charge in [0.2, 0.25) is 0 Å². The van der Waals surface area contributed by atoms with Gasteiger partial charge in [-0.25, -0.2) is 0 Å². The van der Waals surface area contributed by atoms with E-state index in [4.69, 9.17) is 5.73 Å². The minimum absolute atomic E-state index is 0.452. The lowest BCUT2D eigenvalue weighted by Gasteiger charge is -2.37. The Morgan fingerprint density at radius 1 is 1.05 bits per heavy atom. The summed E-state index contributed by atoms with van der Waals surface area (Å²) in [5.74, 6) is 0. The third kappa shape index (κ3) is 3.85. The number of benzene rings is 1. The summed E-state index contributed by atoms with van der Waals surface area (Å²) in [6.45, 7) is 3.55. The number of likely N-dealkylation sites (N-methyl/N-ethyl adjacent to an activating group) is 1. The highest BCUT2D eigenvalue weighted by Gasteiger charge is 2.31. The molecule has 0 bridgehead atoms. The van der Waals surface area contributed by atoms with Crippen LogP contribution in [0.1, 0.15) is 37.7 Å². The number of likely N-dealkylation sites (tertiary alicyclic amines) is 1. The number of nitrogens with zero attached hydrogens (tertiary/aromatic N) is 2. The highest BCUT2D eigenvalue weighted by Crippen LogP contribution is 2.26. The summed E-state index contributed by atoms with van der Waals surface area (Å²) in [5.41, 5.74) is 7.47. The van der Waals surface area contributed by atoms with E-state index in [0.717, 1.165) is 18.6 Å². The molecule has 0 amide bonds. The molecule has 116 valence electrons. The van der Waals surface area contributed by atoms with Gasteiger partial charge < -0.3 is 5.73 Å². The number of rotatable bonds is 4. The van der Waals surface area contributed by atoms with Gasteiger partial charge in [0.25, 0.3) is 0 Å². The molecular formula is C18H29N3. The van der Waals surface area contributed by atoms with E-state index in [-0.39, 0.29) is 0 Å². The van der Waals surface area contributed by atoms with Gasteiger partial charge in [0, 0.05) is 37.8 Å². The molecule has 1 heterocycles. The van der Waals surface area contributed by atoms with Gasteiger partial charge in [-0.15, -0.1) is 0 Å². The van der Waals surface area contributed by atoms with E-state index in [1.807, 2.05) is 0 Å². The van der Waals surface area contributed by atoms with E-state index >= 15 is 0 Å². The average molecular weight is 287 g/mol. The van der Waals surface area contributed by atoms with Crippen molar-refractivity contribution < 1.29 is 0 Å². The predicted octanol–water partition coefficient (Wildman–Crippen LogP) is 2.46. The fraction of sp³-hybridized carbons (Fsp3) is 0.667. The molecule has 2 aliphatic rings. The van der Waals surface area contributed by atoms with Crippen LogP contribution in [0.15, 0.2) is 30.3 Å². The van der Waals surface area contributed by atoms with Crippen LogP contribution in [0.4, 0.5) is 0 Å². The summed E-state index contributed by atoms with van der Waals surface area (Å²) < 4.78 is 0. The minimum atomic E-state index is 0.452. The molecule has 1 aromatic rings. The summed E-state index contributed by atoms with van der Waals surface area (Å²) >= 11 is 0. The first-order chi connectivity index (χ1) is 10.2. The highest BCUT2D eigenvalue weighted by atomic mass is 15.3. The van der Waals surface area contributed by atoms with Crippen molar-refractivity contribution in [2.45, 2.75) is 56.8 Å². The molecule has 0 radical (unpaired) electrons. The van der Waals surface area contributed by atoms with Crippen molar-refractivity contribution in [3.05, 3.63) is 35.9 Å². The summed E-state index contributed by atoms with van der Waals surface area (Å²) in [5, 5.41) is 0. The van der Waals surface area contributed by atoms with Gasteiger partial charge in [0.15, 0.2) is 0 Å². The van der Waals surface area contributed by atoms with Gasteiger partial charge >= 0.3 is 0 Å². The molecule has 2 N–H and O–H groups in total. The third-order valence-electron chi connectivity index (χ3n) is 5.39. The Morgan fingerprint density at radius 3 is 2.48 bits per heavy atom. The number of nitrogens with two attached hydrogens (primary N) is 1. The lowest BCUT2D eigenvalue weighted by Crippen LogP contribution is -2.45. The fourth-order valence-corrected chi connectivity index (χ4v) is 3.94. The molecule has 3 rings (SSSR count). The monoisotopic (exact) mass is 287 g/mol. The van der Waals surface area contributed by atoms with Crippen LogP contribution < -0.4 is 5.73 Å². The van der Waals surface area contributed by atoms with Crippen molar-refractivity contribution in [3.8, 4) is 0 Å². The van der Waals surface area contributed by atoms with Gasteiger partial charge in [-0.05, 0) is 44.7 Å². The first kappa shape index (κ1) is 15.0. The predicted molar refractivity (Wildman–Crippen MR) is 88.1 cm³/mol. The molecule has 1 aliphatic heterocycles. The Bertz CT molecular complexity index is 425. The van der Waals surface area contributed by atoms with Crippen LogP contribution in [-0.2, 0) is 6.54 Å². The zero-order chi connectivity index (χ0) is 14.7. The van der Waals surface area contributed by atoms with Crippen molar-refractivity contribution in [1.29, 1.82) is 0 Å². The average Bonchev–Trinajstić information content (AvgIpc) is 2.97. The summed E-state index contributed by atoms with van der Waals surface area (Å²) in [6, 6.07) is 12.8. The summed E-state index contributed by atoms with van der Waals surface area (Å²) in [7, 11) is 2.33. The molecule has 0 aromatic heterocycles. The molecule has 1 aliphatic carbocycles. The van der Waals surface area contributed by atoms with Crippen LogP contribution >= 0.6 is 0 Å². The van der Waals surface area contributed by atoms with Gasteiger partial charge in [-0.2, -0.15) is 0 Å². The number of hydrogen-bond donors (Lipinski definition) is 1. The van der Waals surface area contributed by atoms with Gasteiger partial charge in [-0.1, -0.05) is 30.3 Å². The van der Waals surface area contributed by atoms with E-state index in [2.05, 4.69) is 47.2 Å². The van der Waals surface area contributed by atoms with Gasteiger partial charge in [-0.3, -0.25) is 9.80 Å². The molecule has 3 nitrogen and oxygen atoms in total. The summed E-state index contributed by atoms with van der Waals surface area (Å²) in [4.78, 5) is 5.25. The molecule has 3 heteroatoms. The van der Waals surface area contributed by atoms with Crippen LogP contribution in [0.5, 0.6) is 0 Å². The zero-order valence-corrected chi connectivity index (χ0v) is 13.2. The lowest BCUT2D eigenvalue weighted by molar-refractivity contribution is 0.132. The van der Waals surface area contributed by atoms with Gasteiger partial charge in [0.05, 0.1) is 0 Å². The molecule has 0 spiro atoms. The third-order valence-corrected chi connectivity index (χ3v) is 5.39.